The molecule has 0 aliphatic rings. The van der Waals surface area contributed by atoms with Gasteiger partial charge < -0.3 is 14.9 Å². The van der Waals surface area contributed by atoms with Gasteiger partial charge in [-0.2, -0.15) is 4.73 Å². The number of ketones is 1. The average Bonchev–Trinajstić information content (AvgIpc) is 2.82. The minimum Gasteiger partial charge on any atom is -0.618 e. The monoisotopic (exact) mass is 334 g/mol. The Bertz CT molecular complexity index is 755. The predicted molar refractivity (Wildman–Crippen MR) is 86.7 cm³/mol. The van der Waals surface area contributed by atoms with Crippen LogP contribution in [0, 0.1) is 19.1 Å². The van der Waals surface area contributed by atoms with Gasteiger partial charge in [0.2, 0.25) is 0 Å². The lowest BCUT2D eigenvalue weighted by Crippen LogP contribution is -2.29. The number of aromatic nitrogens is 2. The highest BCUT2D eigenvalue weighted by atomic mass is 32.2. The number of thioether (sulfide) groups is 1. The number of ether oxygens (including phenoxy) is 1. The van der Waals surface area contributed by atoms with Crippen molar-refractivity contribution in [1.29, 1.82) is 0 Å². The van der Waals surface area contributed by atoms with Crippen molar-refractivity contribution < 1.29 is 19.1 Å². The molecular formula is C16H18N2O4S. The van der Waals surface area contributed by atoms with Gasteiger partial charge in [-0.1, -0.05) is 0 Å². The van der Waals surface area contributed by atoms with Crippen molar-refractivity contribution in [2.75, 3.05) is 7.11 Å². The number of nitrogens with one attached hydrogen (secondary N) is 1. The second kappa shape index (κ2) is 6.87. The van der Waals surface area contributed by atoms with E-state index in [-0.39, 0.29) is 5.78 Å². The van der Waals surface area contributed by atoms with Crippen molar-refractivity contribution >= 4 is 23.5 Å². The fraction of sp³-hybridized carbons (Fsp3) is 0.312. The number of methoxy groups -OCH3 is 1. The molecule has 2 aromatic rings. The second-order valence-electron chi connectivity index (χ2n) is 5.11. The summed E-state index contributed by atoms with van der Waals surface area (Å²) in [5.74, 6) is -0.648. The molecule has 2 rings (SSSR count). The molecule has 1 N–H and O–H groups in total. The van der Waals surface area contributed by atoms with Crippen molar-refractivity contribution in [2.24, 2.45) is 0 Å². The topological polar surface area (TPSA) is 86.1 Å². The Morgan fingerprint density at radius 1 is 1.35 bits per heavy atom. The van der Waals surface area contributed by atoms with Crippen molar-refractivity contribution in [2.45, 2.75) is 31.0 Å². The maximum atomic E-state index is 12.6. The summed E-state index contributed by atoms with van der Waals surface area (Å²) in [4.78, 5) is 27.4. The maximum Gasteiger partial charge on any atom is 0.339 e. The van der Waals surface area contributed by atoms with E-state index in [2.05, 4.69) is 4.98 Å². The van der Waals surface area contributed by atoms with Crippen LogP contribution in [-0.4, -0.2) is 29.1 Å². The molecule has 1 atom stereocenters. The highest BCUT2D eigenvalue weighted by molar-refractivity contribution is 8.00. The summed E-state index contributed by atoms with van der Waals surface area (Å²) in [6.45, 7) is 5.15. The third-order valence-corrected chi connectivity index (χ3v) is 4.65. The van der Waals surface area contributed by atoms with Crippen LogP contribution in [0.4, 0.5) is 0 Å². The van der Waals surface area contributed by atoms with Gasteiger partial charge in [-0.05, 0) is 44.2 Å². The van der Waals surface area contributed by atoms with E-state index in [1.165, 1.54) is 25.1 Å². The Morgan fingerprint density at radius 3 is 2.65 bits per heavy atom. The first-order valence-electron chi connectivity index (χ1n) is 7.03. The van der Waals surface area contributed by atoms with E-state index in [0.29, 0.717) is 27.5 Å². The molecule has 0 aromatic carbocycles. The fourth-order valence-electron chi connectivity index (χ4n) is 2.35. The Balaban J connectivity index is 2.27. The molecule has 0 aliphatic heterocycles. The number of carbonyl (C=O) groups excluding carboxylic acids is 2. The summed E-state index contributed by atoms with van der Waals surface area (Å²) >= 11 is 1.18. The Hall–Kier alpha value is -2.28. The molecule has 0 fully saturated rings. The van der Waals surface area contributed by atoms with Crippen molar-refractivity contribution in [3.63, 3.8) is 0 Å². The minimum atomic E-state index is -0.476. The zero-order valence-electron chi connectivity index (χ0n) is 13.4. The molecule has 0 spiro atoms. The summed E-state index contributed by atoms with van der Waals surface area (Å²) in [6.07, 6.45) is 1.39. The van der Waals surface area contributed by atoms with Crippen molar-refractivity contribution in [3.8, 4) is 0 Å². The first kappa shape index (κ1) is 17.1. The van der Waals surface area contributed by atoms with Crippen LogP contribution in [0.5, 0.6) is 0 Å². The zero-order valence-corrected chi connectivity index (χ0v) is 14.2. The van der Waals surface area contributed by atoms with Gasteiger partial charge in [-0.15, -0.1) is 0 Å². The second-order valence-corrected chi connectivity index (χ2v) is 6.47. The molecule has 0 unspecified atom stereocenters. The van der Waals surface area contributed by atoms with E-state index >= 15 is 0 Å². The van der Waals surface area contributed by atoms with E-state index in [1.54, 1.807) is 39.0 Å². The number of pyridine rings is 1. The predicted octanol–water partition coefficient (Wildman–Crippen LogP) is 2.42. The molecule has 0 bridgehead atoms. The number of aryl methyl sites for hydroxylation is 1. The minimum absolute atomic E-state index is 0.172. The number of hydrogen-bond donors (Lipinski definition) is 1. The maximum absolute atomic E-state index is 12.6. The van der Waals surface area contributed by atoms with Crippen LogP contribution < -0.4 is 4.73 Å². The number of nitrogens with zero attached hydrogens (tertiary/aromatic N) is 1. The number of Topliss-reactive ketones (excluding diaryl/α,β-unsaturated/α-hetero) is 1. The van der Waals surface area contributed by atoms with Gasteiger partial charge in [0, 0.05) is 17.8 Å². The van der Waals surface area contributed by atoms with Gasteiger partial charge in [-0.25, -0.2) is 4.79 Å². The third-order valence-electron chi connectivity index (χ3n) is 3.53. The van der Waals surface area contributed by atoms with Gasteiger partial charge in [0.1, 0.15) is 0 Å². The van der Waals surface area contributed by atoms with Crippen LogP contribution >= 0.6 is 11.8 Å². The van der Waals surface area contributed by atoms with E-state index in [0.717, 1.165) is 4.73 Å². The van der Waals surface area contributed by atoms with Gasteiger partial charge >= 0.3 is 5.97 Å². The molecule has 0 aliphatic carbocycles. The van der Waals surface area contributed by atoms with Crippen molar-refractivity contribution in [3.05, 3.63) is 52.1 Å². The van der Waals surface area contributed by atoms with Gasteiger partial charge in [0.25, 0.3) is 5.03 Å². The quantitative estimate of drug-likeness (QED) is 0.298. The normalized spacial score (nSPS) is 12.0. The Labute approximate surface area is 138 Å². The molecule has 0 radical (unpaired) electrons. The van der Waals surface area contributed by atoms with E-state index < -0.39 is 11.2 Å². The number of aromatic amines is 1. The number of carbonyl (C=O) groups is 2. The van der Waals surface area contributed by atoms with Crippen LogP contribution in [-0.2, 0) is 4.74 Å². The Morgan fingerprint density at radius 2 is 2.04 bits per heavy atom. The van der Waals surface area contributed by atoms with Crippen LogP contribution in [0.2, 0.25) is 0 Å². The summed E-state index contributed by atoms with van der Waals surface area (Å²) < 4.78 is 5.47. The molecule has 2 aromatic heterocycles. The molecule has 0 amide bonds. The average molecular weight is 334 g/mol. The third kappa shape index (κ3) is 3.39. The van der Waals surface area contributed by atoms with E-state index in [1.807, 2.05) is 0 Å². The van der Waals surface area contributed by atoms with Crippen LogP contribution in [0.3, 0.4) is 0 Å². The molecule has 0 saturated carbocycles. The van der Waals surface area contributed by atoms with Crippen LogP contribution in [0.25, 0.3) is 0 Å². The first-order valence-corrected chi connectivity index (χ1v) is 7.91. The van der Waals surface area contributed by atoms with Crippen molar-refractivity contribution in [1.82, 2.24) is 4.98 Å². The summed E-state index contributed by atoms with van der Waals surface area (Å²) in [5.41, 5.74) is 1.91. The standard InChI is InChI=1S/C16H18N2O4S/c1-9-13(16(20)22-4)10(2)17-14(9)15(19)11(3)23-12-7-5-6-8-18(12)21/h5-8,11,17H,1-4H3/t11-/m0/s1. The molecule has 2 heterocycles. The van der Waals surface area contributed by atoms with Gasteiger partial charge in [0.05, 0.1) is 23.6 Å². The Kier molecular flexibility index (Phi) is 5.10. The van der Waals surface area contributed by atoms with Crippen LogP contribution in [0.1, 0.15) is 39.0 Å². The molecule has 7 heteroatoms. The lowest BCUT2D eigenvalue weighted by Gasteiger charge is -2.09. The molecule has 122 valence electrons. The summed E-state index contributed by atoms with van der Waals surface area (Å²) in [5, 5.41) is 11.7. The molecule has 6 nitrogen and oxygen atoms in total. The lowest BCUT2D eigenvalue weighted by molar-refractivity contribution is -0.645. The number of esters is 1. The number of rotatable bonds is 5. The number of H-pyrrole nitrogens is 1. The van der Waals surface area contributed by atoms with Gasteiger partial charge in [0.15, 0.2) is 12.0 Å². The lowest BCUT2D eigenvalue weighted by atomic mass is 10.1. The van der Waals surface area contributed by atoms with E-state index in [4.69, 9.17) is 4.74 Å². The summed E-state index contributed by atoms with van der Waals surface area (Å²) in [6, 6.07) is 5.03. The summed E-state index contributed by atoms with van der Waals surface area (Å²) in [7, 11) is 1.30. The highest BCUT2D eigenvalue weighted by Gasteiger charge is 2.27. The molecule has 23 heavy (non-hydrogen) atoms. The highest BCUT2D eigenvalue weighted by Crippen LogP contribution is 2.26. The smallest absolute Gasteiger partial charge is 0.339 e. The number of hydrogen-bond acceptors (Lipinski definition) is 5. The molecule has 0 saturated heterocycles. The SMILES string of the molecule is COC(=O)c1c(C)[nH]c(C(=O)[C@H](C)Sc2cccc[n+]2[O-])c1C. The van der Waals surface area contributed by atoms with E-state index in [9.17, 15) is 14.8 Å². The first-order chi connectivity index (χ1) is 10.9. The molecular weight excluding hydrogens is 316 g/mol. The van der Waals surface area contributed by atoms with Crippen LogP contribution in [0.15, 0.2) is 29.4 Å². The largest absolute Gasteiger partial charge is 0.618 e. The fourth-order valence-corrected chi connectivity index (χ4v) is 3.26. The van der Waals surface area contributed by atoms with Gasteiger partial charge in [-0.3, -0.25) is 4.79 Å². The zero-order chi connectivity index (χ0) is 17.1.